The fraction of sp³-hybridized carbons (Fsp3) is 0.800. The lowest BCUT2D eigenvalue weighted by Crippen LogP contribution is -2.37. The average molecular weight is 186 g/mol. The van der Waals surface area contributed by atoms with Crippen LogP contribution in [0.2, 0.25) is 0 Å². The van der Waals surface area contributed by atoms with E-state index < -0.39 is 17.3 Å². The predicted molar refractivity (Wildman–Crippen MR) is 51.0 cm³/mol. The van der Waals surface area contributed by atoms with Crippen molar-refractivity contribution in [2.45, 2.75) is 50.9 Å². The van der Waals surface area contributed by atoms with Crippen LogP contribution < -0.4 is 0 Å². The highest BCUT2D eigenvalue weighted by atomic mass is 16.3. The van der Waals surface area contributed by atoms with Gasteiger partial charge >= 0.3 is 0 Å². The topological polar surface area (TPSA) is 60.7 Å². The number of aliphatic hydroxyl groups excluding tert-OH is 1. The molecule has 0 aliphatic heterocycles. The second kappa shape index (κ2) is 4.10. The van der Waals surface area contributed by atoms with E-state index in [2.05, 4.69) is 5.92 Å². The quantitative estimate of drug-likeness (QED) is 0.553. The Morgan fingerprint density at radius 1 is 1.31 bits per heavy atom. The van der Waals surface area contributed by atoms with Crippen molar-refractivity contribution >= 4 is 0 Å². The molecule has 0 radical (unpaired) electrons. The lowest BCUT2D eigenvalue weighted by atomic mass is 9.92. The van der Waals surface area contributed by atoms with Gasteiger partial charge in [0.2, 0.25) is 0 Å². The molecule has 0 aromatic carbocycles. The fourth-order valence-corrected chi connectivity index (χ4v) is 0.843. The molecular weight excluding hydrogens is 168 g/mol. The summed E-state index contributed by atoms with van der Waals surface area (Å²) in [7, 11) is 0. The van der Waals surface area contributed by atoms with E-state index in [1.54, 1.807) is 0 Å². The second-order valence-corrected chi connectivity index (χ2v) is 4.13. The number of rotatable bonds is 4. The van der Waals surface area contributed by atoms with Crippen molar-refractivity contribution in [3.8, 4) is 12.3 Å². The van der Waals surface area contributed by atoms with Gasteiger partial charge in [-0.1, -0.05) is 5.92 Å². The Labute approximate surface area is 79.4 Å². The van der Waals surface area contributed by atoms with E-state index >= 15 is 0 Å². The molecule has 0 aromatic rings. The standard InChI is InChI=1S/C10H18O3/c1-5-10(4,13)7-6-8(11)9(2,3)12/h1,8,11-13H,6-7H2,2-4H3/t8?,10-/m1/s1. The van der Waals surface area contributed by atoms with E-state index in [0.29, 0.717) is 0 Å². The predicted octanol–water partition coefficient (Wildman–Crippen LogP) is 0.283. The molecule has 0 fully saturated rings. The van der Waals surface area contributed by atoms with Gasteiger partial charge in [0.05, 0.1) is 11.7 Å². The Bertz CT molecular complexity index is 195. The molecule has 76 valence electrons. The molecule has 0 aliphatic carbocycles. The summed E-state index contributed by atoms with van der Waals surface area (Å²) in [5.74, 6) is 2.21. The zero-order chi connectivity index (χ0) is 10.7. The van der Waals surface area contributed by atoms with E-state index in [1.165, 1.54) is 20.8 Å². The monoisotopic (exact) mass is 186 g/mol. The zero-order valence-corrected chi connectivity index (χ0v) is 8.41. The summed E-state index contributed by atoms with van der Waals surface area (Å²) in [5, 5.41) is 28.2. The van der Waals surface area contributed by atoms with Crippen LogP contribution in [0.25, 0.3) is 0 Å². The van der Waals surface area contributed by atoms with Crippen LogP contribution in [0.1, 0.15) is 33.6 Å². The van der Waals surface area contributed by atoms with Crippen LogP contribution in [-0.4, -0.2) is 32.6 Å². The molecule has 0 bridgehead atoms. The minimum Gasteiger partial charge on any atom is -0.390 e. The largest absolute Gasteiger partial charge is 0.390 e. The Morgan fingerprint density at radius 3 is 2.08 bits per heavy atom. The van der Waals surface area contributed by atoms with Gasteiger partial charge in [0, 0.05) is 0 Å². The molecule has 0 heterocycles. The van der Waals surface area contributed by atoms with Gasteiger partial charge < -0.3 is 15.3 Å². The van der Waals surface area contributed by atoms with Crippen LogP contribution in [-0.2, 0) is 0 Å². The first kappa shape index (κ1) is 12.4. The minimum absolute atomic E-state index is 0.272. The molecule has 0 aromatic heterocycles. The molecule has 1 unspecified atom stereocenters. The summed E-state index contributed by atoms with van der Waals surface area (Å²) in [5.41, 5.74) is -2.35. The van der Waals surface area contributed by atoms with Crippen LogP contribution in [0.4, 0.5) is 0 Å². The molecule has 3 heteroatoms. The van der Waals surface area contributed by atoms with E-state index in [9.17, 15) is 15.3 Å². The first-order valence-electron chi connectivity index (χ1n) is 4.29. The molecule has 0 rings (SSSR count). The molecule has 3 nitrogen and oxygen atoms in total. The smallest absolute Gasteiger partial charge is 0.122 e. The molecule has 2 atom stereocenters. The SMILES string of the molecule is C#C[C@@](C)(O)CCC(O)C(C)(C)O. The highest BCUT2D eigenvalue weighted by Crippen LogP contribution is 2.18. The lowest BCUT2D eigenvalue weighted by Gasteiger charge is -2.26. The van der Waals surface area contributed by atoms with Crippen molar-refractivity contribution in [2.75, 3.05) is 0 Å². The number of hydrogen-bond acceptors (Lipinski definition) is 3. The third-order valence-electron chi connectivity index (χ3n) is 2.03. The maximum atomic E-state index is 9.41. The molecule has 0 saturated heterocycles. The fourth-order valence-electron chi connectivity index (χ4n) is 0.843. The molecule has 0 saturated carbocycles. The third kappa shape index (κ3) is 4.89. The van der Waals surface area contributed by atoms with Gasteiger partial charge in [-0.15, -0.1) is 6.42 Å². The van der Waals surface area contributed by atoms with Gasteiger partial charge in [-0.05, 0) is 33.6 Å². The second-order valence-electron chi connectivity index (χ2n) is 4.13. The molecular formula is C10H18O3. The van der Waals surface area contributed by atoms with Gasteiger partial charge in [-0.2, -0.15) is 0 Å². The molecule has 0 amide bonds. The van der Waals surface area contributed by atoms with Gasteiger partial charge in [-0.3, -0.25) is 0 Å². The van der Waals surface area contributed by atoms with Crippen molar-refractivity contribution in [3.05, 3.63) is 0 Å². The van der Waals surface area contributed by atoms with Crippen molar-refractivity contribution in [1.82, 2.24) is 0 Å². The van der Waals surface area contributed by atoms with Gasteiger partial charge in [0.25, 0.3) is 0 Å². The molecule has 3 N–H and O–H groups in total. The normalized spacial score (nSPS) is 18.8. The average Bonchev–Trinajstić information content (AvgIpc) is 1.98. The van der Waals surface area contributed by atoms with Crippen molar-refractivity contribution in [3.63, 3.8) is 0 Å². The van der Waals surface area contributed by atoms with E-state index in [1.807, 2.05) is 0 Å². The van der Waals surface area contributed by atoms with Crippen LogP contribution in [0, 0.1) is 12.3 Å². The summed E-state index contributed by atoms with van der Waals surface area (Å²) in [6, 6.07) is 0. The maximum absolute atomic E-state index is 9.41. The highest BCUT2D eigenvalue weighted by molar-refractivity contribution is 5.04. The van der Waals surface area contributed by atoms with Crippen LogP contribution in [0.3, 0.4) is 0 Å². The summed E-state index contributed by atoms with van der Waals surface area (Å²) in [6.45, 7) is 4.54. The summed E-state index contributed by atoms with van der Waals surface area (Å²) in [4.78, 5) is 0. The number of aliphatic hydroxyl groups is 3. The van der Waals surface area contributed by atoms with Crippen LogP contribution in [0.5, 0.6) is 0 Å². The van der Waals surface area contributed by atoms with Crippen molar-refractivity contribution in [1.29, 1.82) is 0 Å². The van der Waals surface area contributed by atoms with Gasteiger partial charge in [0.1, 0.15) is 5.60 Å². The van der Waals surface area contributed by atoms with Crippen LogP contribution in [0.15, 0.2) is 0 Å². The summed E-state index contributed by atoms with van der Waals surface area (Å²) in [6.07, 6.45) is 4.74. The third-order valence-corrected chi connectivity index (χ3v) is 2.03. The van der Waals surface area contributed by atoms with Gasteiger partial charge in [-0.25, -0.2) is 0 Å². The molecule has 0 spiro atoms. The molecule has 0 aliphatic rings. The Morgan fingerprint density at radius 2 is 1.77 bits per heavy atom. The summed E-state index contributed by atoms with van der Waals surface area (Å²) < 4.78 is 0. The summed E-state index contributed by atoms with van der Waals surface area (Å²) >= 11 is 0. The van der Waals surface area contributed by atoms with E-state index in [0.717, 1.165) is 0 Å². The zero-order valence-electron chi connectivity index (χ0n) is 8.41. The van der Waals surface area contributed by atoms with Crippen molar-refractivity contribution in [2.24, 2.45) is 0 Å². The highest BCUT2D eigenvalue weighted by Gasteiger charge is 2.27. The van der Waals surface area contributed by atoms with E-state index in [4.69, 9.17) is 6.42 Å². The Kier molecular flexibility index (Phi) is 3.92. The van der Waals surface area contributed by atoms with E-state index in [-0.39, 0.29) is 12.8 Å². The minimum atomic E-state index is -1.20. The molecule has 13 heavy (non-hydrogen) atoms. The Balaban J connectivity index is 3.99. The van der Waals surface area contributed by atoms with Crippen LogP contribution >= 0.6 is 0 Å². The Hall–Kier alpha value is -0.560. The van der Waals surface area contributed by atoms with Crippen molar-refractivity contribution < 1.29 is 15.3 Å². The first-order chi connectivity index (χ1) is 5.69. The number of terminal acetylenes is 1. The number of hydrogen-bond donors (Lipinski definition) is 3. The maximum Gasteiger partial charge on any atom is 0.122 e. The first-order valence-corrected chi connectivity index (χ1v) is 4.29. The van der Waals surface area contributed by atoms with Gasteiger partial charge in [0.15, 0.2) is 0 Å². The lowest BCUT2D eigenvalue weighted by molar-refractivity contribution is -0.0585.